The molecule has 0 radical (unpaired) electrons. The zero-order valence-electron chi connectivity index (χ0n) is 10.7. The van der Waals surface area contributed by atoms with E-state index in [0.717, 1.165) is 4.31 Å². The fraction of sp³-hybridized carbons (Fsp3) is 0.417. The highest BCUT2D eigenvalue weighted by Gasteiger charge is 2.40. The summed E-state index contributed by atoms with van der Waals surface area (Å²) in [6.45, 7) is 0.280. The number of methoxy groups -OCH3 is 1. The van der Waals surface area contributed by atoms with E-state index in [2.05, 4.69) is 4.74 Å². The van der Waals surface area contributed by atoms with E-state index in [1.165, 1.54) is 25.3 Å². The van der Waals surface area contributed by atoms with Gasteiger partial charge in [0.1, 0.15) is 6.04 Å². The Morgan fingerprint density at radius 2 is 2.05 bits per heavy atom. The highest BCUT2D eigenvalue weighted by atomic mass is 35.5. The van der Waals surface area contributed by atoms with Crippen molar-refractivity contribution in [3.8, 4) is 0 Å². The number of esters is 1. The van der Waals surface area contributed by atoms with Crippen molar-refractivity contribution < 1.29 is 17.9 Å². The topological polar surface area (TPSA) is 63.7 Å². The Balaban J connectivity index is 2.38. The first-order valence-corrected chi connectivity index (χ1v) is 8.12. The van der Waals surface area contributed by atoms with Crippen LogP contribution in [0.2, 0.25) is 10.0 Å². The van der Waals surface area contributed by atoms with Gasteiger partial charge in [-0.05, 0) is 31.0 Å². The summed E-state index contributed by atoms with van der Waals surface area (Å²) in [5, 5.41) is 0.429. The Labute approximate surface area is 127 Å². The number of carbonyl (C=O) groups is 1. The van der Waals surface area contributed by atoms with E-state index in [-0.39, 0.29) is 21.5 Å². The van der Waals surface area contributed by atoms with Gasteiger partial charge in [0.2, 0.25) is 10.0 Å². The number of hydrogen-bond acceptors (Lipinski definition) is 4. The van der Waals surface area contributed by atoms with Gasteiger partial charge in [0.15, 0.2) is 0 Å². The van der Waals surface area contributed by atoms with Crippen molar-refractivity contribution in [1.29, 1.82) is 0 Å². The molecule has 5 nitrogen and oxygen atoms in total. The van der Waals surface area contributed by atoms with Gasteiger partial charge < -0.3 is 4.74 Å². The van der Waals surface area contributed by atoms with E-state index < -0.39 is 22.0 Å². The second-order valence-electron chi connectivity index (χ2n) is 4.37. The van der Waals surface area contributed by atoms with Crippen LogP contribution in [0, 0.1) is 0 Å². The number of benzene rings is 1. The van der Waals surface area contributed by atoms with Crippen LogP contribution in [0.3, 0.4) is 0 Å². The van der Waals surface area contributed by atoms with Crippen molar-refractivity contribution in [2.45, 2.75) is 23.8 Å². The molecule has 1 atom stereocenters. The second-order valence-corrected chi connectivity index (χ2v) is 7.08. The van der Waals surface area contributed by atoms with Crippen molar-refractivity contribution in [3.63, 3.8) is 0 Å². The average molecular weight is 338 g/mol. The molecule has 0 aromatic heterocycles. The molecule has 1 unspecified atom stereocenters. The maximum absolute atomic E-state index is 12.5. The number of nitrogens with zero attached hydrogens (tertiary/aromatic N) is 1. The maximum atomic E-state index is 12.5. The quantitative estimate of drug-likeness (QED) is 0.794. The normalized spacial score (nSPS) is 20.1. The average Bonchev–Trinajstić information content (AvgIpc) is 2.90. The first-order chi connectivity index (χ1) is 9.37. The molecule has 1 heterocycles. The largest absolute Gasteiger partial charge is 0.468 e. The van der Waals surface area contributed by atoms with Gasteiger partial charge in [-0.25, -0.2) is 8.42 Å². The predicted molar refractivity (Wildman–Crippen MR) is 75.4 cm³/mol. The Morgan fingerprint density at radius 1 is 1.35 bits per heavy atom. The third kappa shape index (κ3) is 2.79. The maximum Gasteiger partial charge on any atom is 0.324 e. The lowest BCUT2D eigenvalue weighted by Crippen LogP contribution is -2.41. The van der Waals surface area contributed by atoms with Crippen LogP contribution in [0.1, 0.15) is 12.8 Å². The lowest BCUT2D eigenvalue weighted by Gasteiger charge is -2.22. The molecule has 2 rings (SSSR count). The van der Waals surface area contributed by atoms with Crippen LogP contribution in [0.25, 0.3) is 0 Å². The van der Waals surface area contributed by atoms with Gasteiger partial charge in [-0.2, -0.15) is 4.31 Å². The number of hydrogen-bond donors (Lipinski definition) is 0. The lowest BCUT2D eigenvalue weighted by molar-refractivity contribution is -0.144. The molecular formula is C12H13Cl2NO4S. The van der Waals surface area contributed by atoms with E-state index in [0.29, 0.717) is 12.8 Å². The van der Waals surface area contributed by atoms with Crippen molar-refractivity contribution in [1.82, 2.24) is 4.31 Å². The van der Waals surface area contributed by atoms with E-state index in [1.807, 2.05) is 0 Å². The van der Waals surface area contributed by atoms with Crippen molar-refractivity contribution in [2.75, 3.05) is 13.7 Å². The standard InChI is InChI=1S/C12H13Cl2NO4S/c1-19-12(16)11-3-2-6-15(11)20(17,18)8-4-5-9(13)10(14)7-8/h4-5,7,11H,2-3,6H2,1H3. The van der Waals surface area contributed by atoms with E-state index >= 15 is 0 Å². The third-order valence-electron chi connectivity index (χ3n) is 3.17. The highest BCUT2D eigenvalue weighted by Crippen LogP contribution is 2.30. The molecule has 1 aliphatic rings. The van der Waals surface area contributed by atoms with Crippen LogP contribution in [-0.4, -0.2) is 38.4 Å². The number of carbonyl (C=O) groups excluding carboxylic acids is 1. The molecule has 0 saturated carbocycles. The Hall–Kier alpha value is -0.820. The summed E-state index contributed by atoms with van der Waals surface area (Å²) in [6.07, 6.45) is 1.06. The minimum atomic E-state index is -3.79. The summed E-state index contributed by atoms with van der Waals surface area (Å²) >= 11 is 11.6. The molecule has 1 fully saturated rings. The highest BCUT2D eigenvalue weighted by molar-refractivity contribution is 7.89. The monoisotopic (exact) mass is 337 g/mol. The molecular weight excluding hydrogens is 325 g/mol. The molecule has 0 amide bonds. The van der Waals surface area contributed by atoms with Crippen LogP contribution in [-0.2, 0) is 19.6 Å². The van der Waals surface area contributed by atoms with Gasteiger partial charge in [-0.15, -0.1) is 0 Å². The molecule has 1 aliphatic heterocycles. The molecule has 1 saturated heterocycles. The Kier molecular flexibility index (Phi) is 4.59. The third-order valence-corrected chi connectivity index (χ3v) is 5.82. The fourth-order valence-electron chi connectivity index (χ4n) is 2.17. The van der Waals surface area contributed by atoms with Crippen molar-refractivity contribution in [3.05, 3.63) is 28.2 Å². The van der Waals surface area contributed by atoms with Gasteiger partial charge in [-0.1, -0.05) is 23.2 Å². The molecule has 1 aromatic rings. The van der Waals surface area contributed by atoms with Gasteiger partial charge >= 0.3 is 5.97 Å². The molecule has 0 spiro atoms. The molecule has 0 bridgehead atoms. The van der Waals surface area contributed by atoms with E-state index in [4.69, 9.17) is 23.2 Å². The Bertz CT molecular complexity index is 632. The molecule has 0 N–H and O–H groups in total. The van der Waals surface area contributed by atoms with Crippen molar-refractivity contribution >= 4 is 39.2 Å². The fourth-order valence-corrected chi connectivity index (χ4v) is 4.21. The summed E-state index contributed by atoms with van der Waals surface area (Å²) in [5.74, 6) is -0.550. The predicted octanol–water partition coefficient (Wildman–Crippen LogP) is 2.32. The van der Waals surface area contributed by atoms with Gasteiger partial charge in [0, 0.05) is 6.54 Å². The van der Waals surface area contributed by atoms with Crippen LogP contribution in [0.15, 0.2) is 23.1 Å². The Morgan fingerprint density at radius 3 is 2.65 bits per heavy atom. The summed E-state index contributed by atoms with van der Waals surface area (Å²) in [7, 11) is -2.55. The van der Waals surface area contributed by atoms with Gasteiger partial charge in [0.25, 0.3) is 0 Å². The molecule has 20 heavy (non-hydrogen) atoms. The number of rotatable bonds is 3. The summed E-state index contributed by atoms with van der Waals surface area (Å²) in [5.41, 5.74) is 0. The minimum absolute atomic E-state index is 0.0164. The minimum Gasteiger partial charge on any atom is -0.468 e. The van der Waals surface area contributed by atoms with Crippen LogP contribution >= 0.6 is 23.2 Å². The first-order valence-electron chi connectivity index (χ1n) is 5.92. The SMILES string of the molecule is COC(=O)C1CCCN1S(=O)(=O)c1ccc(Cl)c(Cl)c1. The number of sulfonamides is 1. The first kappa shape index (κ1) is 15.6. The summed E-state index contributed by atoms with van der Waals surface area (Å²) in [6, 6.07) is 3.29. The van der Waals surface area contributed by atoms with E-state index in [9.17, 15) is 13.2 Å². The van der Waals surface area contributed by atoms with Gasteiger partial charge in [0.05, 0.1) is 22.1 Å². The molecule has 0 aliphatic carbocycles. The summed E-state index contributed by atoms with van der Waals surface area (Å²) in [4.78, 5) is 11.7. The molecule has 8 heteroatoms. The zero-order valence-corrected chi connectivity index (χ0v) is 13.0. The number of halogens is 2. The lowest BCUT2D eigenvalue weighted by atomic mass is 10.2. The van der Waals surface area contributed by atoms with Crippen LogP contribution in [0.5, 0.6) is 0 Å². The molecule has 110 valence electrons. The van der Waals surface area contributed by atoms with Crippen LogP contribution in [0.4, 0.5) is 0 Å². The number of ether oxygens (including phenoxy) is 1. The second kappa shape index (κ2) is 5.89. The molecule has 1 aromatic carbocycles. The van der Waals surface area contributed by atoms with Crippen LogP contribution < -0.4 is 0 Å². The van der Waals surface area contributed by atoms with E-state index in [1.54, 1.807) is 0 Å². The zero-order chi connectivity index (χ0) is 14.9. The van der Waals surface area contributed by atoms with Crippen molar-refractivity contribution in [2.24, 2.45) is 0 Å². The smallest absolute Gasteiger partial charge is 0.324 e. The van der Waals surface area contributed by atoms with Gasteiger partial charge in [-0.3, -0.25) is 4.79 Å². The summed E-state index contributed by atoms with van der Waals surface area (Å²) < 4.78 is 30.9.